The Kier molecular flexibility index (Phi) is 3.19. The molecule has 1 aromatic heterocycles. The lowest BCUT2D eigenvalue weighted by molar-refractivity contribution is 0.760. The van der Waals surface area contributed by atoms with Gasteiger partial charge in [0, 0.05) is 30.3 Å². The highest BCUT2D eigenvalue weighted by Gasteiger charge is 2.12. The van der Waals surface area contributed by atoms with E-state index < -0.39 is 0 Å². The van der Waals surface area contributed by atoms with Crippen LogP contribution in [0.15, 0.2) is 54.9 Å². The van der Waals surface area contributed by atoms with Crippen LogP contribution in [0.3, 0.4) is 0 Å². The second-order valence-corrected chi connectivity index (χ2v) is 5.88. The van der Waals surface area contributed by atoms with Crippen molar-refractivity contribution in [2.24, 2.45) is 0 Å². The molecule has 3 aromatic rings. The number of hydrogen-bond donors (Lipinski definition) is 1. The van der Waals surface area contributed by atoms with Gasteiger partial charge in [0.25, 0.3) is 0 Å². The molecule has 0 unspecified atom stereocenters. The predicted molar refractivity (Wildman–Crippen MR) is 89.6 cm³/mol. The molecule has 1 aliphatic heterocycles. The largest absolute Gasteiger partial charge is 0.355 e. The minimum atomic E-state index is 0.881. The molecule has 0 bridgehead atoms. The smallest absolute Gasteiger partial charge is 0.105 e. The van der Waals surface area contributed by atoms with E-state index in [2.05, 4.69) is 57.3 Å². The summed E-state index contributed by atoms with van der Waals surface area (Å²) < 4.78 is 2.18. The van der Waals surface area contributed by atoms with E-state index in [1.54, 1.807) is 0 Å². The number of rotatable bonds is 2. The third kappa shape index (κ3) is 2.39. The van der Waals surface area contributed by atoms with Gasteiger partial charge in [-0.05, 0) is 48.6 Å². The first-order valence-electron chi connectivity index (χ1n) is 7.74. The van der Waals surface area contributed by atoms with Crippen LogP contribution in [0.2, 0.25) is 0 Å². The van der Waals surface area contributed by atoms with Crippen LogP contribution in [-0.2, 0) is 19.4 Å². The summed E-state index contributed by atoms with van der Waals surface area (Å²) >= 11 is 0. The van der Waals surface area contributed by atoms with E-state index in [0.717, 1.165) is 25.2 Å². The summed E-state index contributed by atoms with van der Waals surface area (Å²) in [5.74, 6) is 1.06. The summed E-state index contributed by atoms with van der Waals surface area (Å²) in [4.78, 5) is 4.29. The SMILES string of the molecule is Cc1nccn1Cc1ccc2c(c1)CCc1ccccc1N2. The average Bonchev–Trinajstić information content (AvgIpc) is 2.84. The monoisotopic (exact) mass is 289 g/mol. The van der Waals surface area contributed by atoms with Gasteiger partial charge in [-0.15, -0.1) is 0 Å². The highest BCUT2D eigenvalue weighted by molar-refractivity contribution is 5.68. The number of nitrogens with one attached hydrogen (secondary N) is 1. The highest BCUT2D eigenvalue weighted by atomic mass is 15.0. The van der Waals surface area contributed by atoms with E-state index in [1.807, 2.05) is 19.3 Å². The fraction of sp³-hybridized carbons (Fsp3) is 0.211. The van der Waals surface area contributed by atoms with Gasteiger partial charge in [-0.1, -0.05) is 30.3 Å². The fourth-order valence-corrected chi connectivity index (χ4v) is 3.12. The van der Waals surface area contributed by atoms with Crippen molar-refractivity contribution in [3.8, 4) is 0 Å². The van der Waals surface area contributed by atoms with Gasteiger partial charge in [0.1, 0.15) is 5.82 Å². The lowest BCUT2D eigenvalue weighted by atomic mass is 10.0. The van der Waals surface area contributed by atoms with Crippen LogP contribution in [-0.4, -0.2) is 9.55 Å². The Morgan fingerprint density at radius 2 is 1.86 bits per heavy atom. The number of nitrogens with zero attached hydrogens (tertiary/aromatic N) is 2. The Morgan fingerprint density at radius 1 is 1.05 bits per heavy atom. The molecular formula is C19H19N3. The molecule has 0 fully saturated rings. The third-order valence-electron chi connectivity index (χ3n) is 4.40. The molecule has 0 amide bonds. The summed E-state index contributed by atoms with van der Waals surface area (Å²) in [5.41, 5.74) is 6.58. The van der Waals surface area contributed by atoms with Crippen LogP contribution in [0.1, 0.15) is 22.5 Å². The molecule has 4 rings (SSSR count). The summed E-state index contributed by atoms with van der Waals surface area (Å²) in [5, 5.41) is 3.58. The van der Waals surface area contributed by atoms with E-state index in [9.17, 15) is 0 Å². The van der Waals surface area contributed by atoms with Crippen molar-refractivity contribution in [3.63, 3.8) is 0 Å². The first-order valence-corrected chi connectivity index (χ1v) is 7.74. The predicted octanol–water partition coefficient (Wildman–Crippen LogP) is 4.08. The number of hydrogen-bond acceptors (Lipinski definition) is 2. The van der Waals surface area contributed by atoms with Crippen molar-refractivity contribution in [3.05, 3.63) is 77.4 Å². The molecule has 0 aliphatic carbocycles. The molecule has 2 heterocycles. The van der Waals surface area contributed by atoms with E-state index in [-0.39, 0.29) is 0 Å². The Bertz CT molecular complexity index is 817. The molecule has 0 spiro atoms. The molecule has 110 valence electrons. The van der Waals surface area contributed by atoms with Crippen molar-refractivity contribution in [2.45, 2.75) is 26.3 Å². The maximum absolute atomic E-state index is 4.29. The van der Waals surface area contributed by atoms with Crippen molar-refractivity contribution in [2.75, 3.05) is 5.32 Å². The number of anilines is 2. The Hall–Kier alpha value is -2.55. The average molecular weight is 289 g/mol. The topological polar surface area (TPSA) is 29.9 Å². The van der Waals surface area contributed by atoms with Gasteiger partial charge in [-0.25, -0.2) is 4.98 Å². The van der Waals surface area contributed by atoms with Crippen LogP contribution in [0.4, 0.5) is 11.4 Å². The molecule has 0 saturated carbocycles. The van der Waals surface area contributed by atoms with Crippen LogP contribution in [0.5, 0.6) is 0 Å². The Morgan fingerprint density at radius 3 is 2.73 bits per heavy atom. The summed E-state index contributed by atoms with van der Waals surface area (Å²) in [7, 11) is 0. The maximum Gasteiger partial charge on any atom is 0.105 e. The number of aryl methyl sites for hydroxylation is 3. The third-order valence-corrected chi connectivity index (χ3v) is 4.40. The van der Waals surface area contributed by atoms with Gasteiger partial charge in [-0.2, -0.15) is 0 Å². The molecule has 3 heteroatoms. The van der Waals surface area contributed by atoms with Crippen molar-refractivity contribution in [1.82, 2.24) is 9.55 Å². The molecule has 2 aromatic carbocycles. The number of para-hydroxylation sites is 1. The standard InChI is InChI=1S/C19H19N3/c1-14-20-10-11-22(14)13-15-6-9-19-17(12-15)8-7-16-4-2-3-5-18(16)21-19/h2-6,9-12,21H,7-8,13H2,1H3. The van der Waals surface area contributed by atoms with Gasteiger partial charge in [0.2, 0.25) is 0 Å². The van der Waals surface area contributed by atoms with Gasteiger partial charge in [-0.3, -0.25) is 0 Å². The first kappa shape index (κ1) is 13.1. The summed E-state index contributed by atoms with van der Waals surface area (Å²) in [6.45, 7) is 2.92. The Labute approximate surface area is 130 Å². The fourth-order valence-electron chi connectivity index (χ4n) is 3.12. The summed E-state index contributed by atoms with van der Waals surface area (Å²) in [6, 6.07) is 15.3. The highest BCUT2D eigenvalue weighted by Crippen LogP contribution is 2.30. The number of benzene rings is 2. The van der Waals surface area contributed by atoms with E-state index in [0.29, 0.717) is 0 Å². The Balaban J connectivity index is 1.64. The van der Waals surface area contributed by atoms with Gasteiger partial charge >= 0.3 is 0 Å². The van der Waals surface area contributed by atoms with Gasteiger partial charge in [0.05, 0.1) is 0 Å². The second kappa shape index (κ2) is 5.34. The summed E-state index contributed by atoms with van der Waals surface area (Å²) in [6.07, 6.45) is 6.06. The van der Waals surface area contributed by atoms with E-state index >= 15 is 0 Å². The molecule has 1 aliphatic rings. The lowest BCUT2D eigenvalue weighted by Crippen LogP contribution is -2.02. The molecule has 3 nitrogen and oxygen atoms in total. The molecule has 22 heavy (non-hydrogen) atoms. The molecule has 0 atom stereocenters. The van der Waals surface area contributed by atoms with Crippen molar-refractivity contribution in [1.29, 1.82) is 0 Å². The number of imidazole rings is 1. The number of fused-ring (bicyclic) bond motifs is 2. The van der Waals surface area contributed by atoms with Crippen LogP contribution in [0, 0.1) is 6.92 Å². The first-order chi connectivity index (χ1) is 10.8. The quantitative estimate of drug-likeness (QED) is 0.770. The van der Waals surface area contributed by atoms with Crippen LogP contribution in [0.25, 0.3) is 0 Å². The number of aromatic nitrogens is 2. The van der Waals surface area contributed by atoms with Gasteiger partial charge < -0.3 is 9.88 Å². The zero-order valence-electron chi connectivity index (χ0n) is 12.7. The minimum absolute atomic E-state index is 0.881. The normalized spacial score (nSPS) is 13.0. The van der Waals surface area contributed by atoms with E-state index in [1.165, 1.54) is 28.1 Å². The van der Waals surface area contributed by atoms with Gasteiger partial charge in [0.15, 0.2) is 0 Å². The van der Waals surface area contributed by atoms with Crippen LogP contribution >= 0.6 is 0 Å². The lowest BCUT2D eigenvalue weighted by Gasteiger charge is -2.12. The molecule has 0 radical (unpaired) electrons. The maximum atomic E-state index is 4.29. The van der Waals surface area contributed by atoms with Crippen molar-refractivity contribution < 1.29 is 0 Å². The van der Waals surface area contributed by atoms with Crippen LogP contribution < -0.4 is 5.32 Å². The van der Waals surface area contributed by atoms with Crippen molar-refractivity contribution >= 4 is 11.4 Å². The minimum Gasteiger partial charge on any atom is -0.355 e. The zero-order chi connectivity index (χ0) is 14.9. The zero-order valence-corrected chi connectivity index (χ0v) is 12.7. The van der Waals surface area contributed by atoms with E-state index in [4.69, 9.17) is 0 Å². The molecule has 0 saturated heterocycles. The molecular weight excluding hydrogens is 270 g/mol. The second-order valence-electron chi connectivity index (χ2n) is 5.88. The molecule has 1 N–H and O–H groups in total.